The van der Waals surface area contributed by atoms with Crippen LogP contribution in [-0.2, 0) is 0 Å². The molecule has 1 fully saturated rings. The van der Waals surface area contributed by atoms with Crippen LogP contribution in [0, 0.1) is 16.7 Å². The number of hydrogen-bond donors (Lipinski definition) is 2. The van der Waals surface area contributed by atoms with Crippen molar-refractivity contribution in [2.45, 2.75) is 27.7 Å². The number of nitrogen functional groups attached to an aromatic ring is 1. The van der Waals surface area contributed by atoms with Crippen molar-refractivity contribution < 1.29 is 0 Å². The summed E-state index contributed by atoms with van der Waals surface area (Å²) in [5.41, 5.74) is 9.49. The third-order valence-corrected chi connectivity index (χ3v) is 5.58. The maximum absolute atomic E-state index is 5.82. The van der Waals surface area contributed by atoms with Crippen LogP contribution in [0.4, 0.5) is 11.4 Å². The highest BCUT2D eigenvalue weighted by molar-refractivity contribution is 5.92. The largest absolute Gasteiger partial charge is 0.399 e. The Balaban J connectivity index is 1.83. The summed E-state index contributed by atoms with van der Waals surface area (Å²) < 4.78 is 0. The molecule has 3 nitrogen and oxygen atoms in total. The van der Waals surface area contributed by atoms with Gasteiger partial charge in [-0.05, 0) is 41.0 Å². The maximum Gasteiger partial charge on any atom is 0.0743 e. The Morgan fingerprint density at radius 2 is 1.85 bits per heavy atom. The number of aromatic nitrogens is 1. The second-order valence-electron chi connectivity index (χ2n) is 7.01. The molecule has 0 unspecified atom stereocenters. The SMILES string of the molecule is CC1(C)C(CNc2ccnc3cc(N)ccc23)C1(C)C. The van der Waals surface area contributed by atoms with Crippen molar-refractivity contribution in [1.82, 2.24) is 4.98 Å². The molecule has 0 aliphatic heterocycles. The van der Waals surface area contributed by atoms with Crippen LogP contribution in [0.5, 0.6) is 0 Å². The van der Waals surface area contributed by atoms with Gasteiger partial charge in [0.25, 0.3) is 0 Å². The molecule has 20 heavy (non-hydrogen) atoms. The van der Waals surface area contributed by atoms with Crippen LogP contribution in [0.15, 0.2) is 30.5 Å². The van der Waals surface area contributed by atoms with Crippen LogP contribution >= 0.6 is 0 Å². The van der Waals surface area contributed by atoms with Crippen LogP contribution in [0.25, 0.3) is 10.9 Å². The topological polar surface area (TPSA) is 50.9 Å². The molecule has 3 N–H and O–H groups in total. The second kappa shape index (κ2) is 4.11. The maximum atomic E-state index is 5.82. The minimum atomic E-state index is 0.410. The van der Waals surface area contributed by atoms with Crippen molar-refractivity contribution in [2.75, 3.05) is 17.6 Å². The number of nitrogens with one attached hydrogen (secondary N) is 1. The van der Waals surface area contributed by atoms with E-state index in [-0.39, 0.29) is 0 Å². The van der Waals surface area contributed by atoms with E-state index in [0.29, 0.717) is 16.7 Å². The molecule has 0 amide bonds. The highest BCUT2D eigenvalue weighted by atomic mass is 14.9. The number of pyridine rings is 1. The fourth-order valence-corrected chi connectivity index (χ4v) is 3.37. The molecule has 1 heterocycles. The van der Waals surface area contributed by atoms with Crippen molar-refractivity contribution in [3.05, 3.63) is 30.5 Å². The van der Waals surface area contributed by atoms with Crippen LogP contribution < -0.4 is 11.1 Å². The molecule has 3 heteroatoms. The lowest BCUT2D eigenvalue weighted by atomic mass is 10.0. The standard InChI is InChI=1S/C17H23N3/c1-16(2)15(17(16,3)4)10-20-13-7-8-19-14-9-11(18)5-6-12(13)14/h5-9,15H,10,18H2,1-4H3,(H,19,20). The lowest BCUT2D eigenvalue weighted by molar-refractivity contribution is 0.457. The zero-order chi connectivity index (χ0) is 14.5. The summed E-state index contributed by atoms with van der Waals surface area (Å²) in [5.74, 6) is 0.701. The summed E-state index contributed by atoms with van der Waals surface area (Å²) in [6.07, 6.45) is 1.84. The summed E-state index contributed by atoms with van der Waals surface area (Å²) >= 11 is 0. The van der Waals surface area contributed by atoms with Gasteiger partial charge in [-0.2, -0.15) is 0 Å². The van der Waals surface area contributed by atoms with Gasteiger partial charge in [-0.15, -0.1) is 0 Å². The minimum absolute atomic E-state index is 0.410. The molecule has 106 valence electrons. The van der Waals surface area contributed by atoms with E-state index in [2.05, 4.69) is 38.0 Å². The molecule has 0 atom stereocenters. The van der Waals surface area contributed by atoms with Gasteiger partial charge in [0.1, 0.15) is 0 Å². The Morgan fingerprint density at radius 3 is 2.50 bits per heavy atom. The third-order valence-electron chi connectivity index (χ3n) is 5.58. The van der Waals surface area contributed by atoms with Crippen molar-refractivity contribution in [3.8, 4) is 0 Å². The first-order valence-electron chi connectivity index (χ1n) is 7.22. The quantitative estimate of drug-likeness (QED) is 0.831. The molecule has 3 rings (SSSR count). The van der Waals surface area contributed by atoms with E-state index in [4.69, 9.17) is 5.73 Å². The molecular formula is C17H23N3. The zero-order valence-electron chi connectivity index (χ0n) is 12.7. The third kappa shape index (κ3) is 1.84. The summed E-state index contributed by atoms with van der Waals surface area (Å²) in [6.45, 7) is 10.4. The van der Waals surface area contributed by atoms with E-state index in [1.807, 2.05) is 30.5 Å². The Labute approximate surface area is 120 Å². The summed E-state index contributed by atoms with van der Waals surface area (Å²) in [6, 6.07) is 7.94. The van der Waals surface area contributed by atoms with Crippen molar-refractivity contribution in [2.24, 2.45) is 16.7 Å². The van der Waals surface area contributed by atoms with Gasteiger partial charge in [0.15, 0.2) is 0 Å². The van der Waals surface area contributed by atoms with E-state index in [1.54, 1.807) is 0 Å². The van der Waals surface area contributed by atoms with E-state index < -0.39 is 0 Å². The van der Waals surface area contributed by atoms with Gasteiger partial charge in [0, 0.05) is 29.5 Å². The van der Waals surface area contributed by atoms with Gasteiger partial charge in [-0.25, -0.2) is 0 Å². The molecule has 0 saturated heterocycles. The molecule has 0 spiro atoms. The lowest BCUT2D eigenvalue weighted by Gasteiger charge is -2.10. The highest BCUT2D eigenvalue weighted by Crippen LogP contribution is 2.68. The Hall–Kier alpha value is -1.77. The van der Waals surface area contributed by atoms with Gasteiger partial charge < -0.3 is 11.1 Å². The van der Waals surface area contributed by atoms with Crippen molar-refractivity contribution in [1.29, 1.82) is 0 Å². The summed E-state index contributed by atoms with van der Waals surface area (Å²) in [5, 5.41) is 4.74. The van der Waals surface area contributed by atoms with E-state index in [1.165, 1.54) is 0 Å². The monoisotopic (exact) mass is 269 g/mol. The van der Waals surface area contributed by atoms with Crippen LogP contribution in [0.2, 0.25) is 0 Å². The minimum Gasteiger partial charge on any atom is -0.399 e. The summed E-state index contributed by atoms with van der Waals surface area (Å²) in [4.78, 5) is 4.38. The van der Waals surface area contributed by atoms with Crippen LogP contribution in [0.1, 0.15) is 27.7 Å². The van der Waals surface area contributed by atoms with Gasteiger partial charge >= 0.3 is 0 Å². The van der Waals surface area contributed by atoms with Gasteiger partial charge in [0.2, 0.25) is 0 Å². The van der Waals surface area contributed by atoms with Crippen molar-refractivity contribution >= 4 is 22.3 Å². The van der Waals surface area contributed by atoms with Crippen molar-refractivity contribution in [3.63, 3.8) is 0 Å². The number of benzene rings is 1. The highest BCUT2D eigenvalue weighted by Gasteiger charge is 2.63. The Bertz CT molecular complexity index is 644. The molecule has 1 aromatic carbocycles. The fraction of sp³-hybridized carbons (Fsp3) is 0.471. The molecule has 0 bridgehead atoms. The number of nitrogens with two attached hydrogens (primary N) is 1. The first-order chi connectivity index (χ1) is 9.34. The molecule has 0 radical (unpaired) electrons. The average Bonchev–Trinajstić information content (AvgIpc) is 2.76. The average molecular weight is 269 g/mol. The predicted molar refractivity (Wildman–Crippen MR) is 85.7 cm³/mol. The smallest absolute Gasteiger partial charge is 0.0743 e. The fourth-order valence-electron chi connectivity index (χ4n) is 3.37. The molecule has 1 aromatic heterocycles. The predicted octanol–water partition coefficient (Wildman–Crippen LogP) is 3.91. The number of fused-ring (bicyclic) bond motifs is 1. The number of nitrogens with zero attached hydrogens (tertiary/aromatic N) is 1. The molecule has 1 aliphatic carbocycles. The van der Waals surface area contributed by atoms with Gasteiger partial charge in [-0.3, -0.25) is 4.98 Å². The second-order valence-corrected chi connectivity index (χ2v) is 7.01. The zero-order valence-corrected chi connectivity index (χ0v) is 12.7. The first kappa shape index (κ1) is 13.2. The van der Waals surface area contributed by atoms with E-state index >= 15 is 0 Å². The molecule has 2 aromatic rings. The summed E-state index contributed by atoms with van der Waals surface area (Å²) in [7, 11) is 0. The molecule has 1 aliphatic rings. The van der Waals surface area contributed by atoms with Gasteiger partial charge in [0.05, 0.1) is 5.52 Å². The number of rotatable bonds is 3. The lowest BCUT2D eigenvalue weighted by Crippen LogP contribution is -2.08. The Morgan fingerprint density at radius 1 is 1.15 bits per heavy atom. The molecular weight excluding hydrogens is 246 g/mol. The normalized spacial score (nSPS) is 20.0. The van der Waals surface area contributed by atoms with E-state index in [0.717, 1.165) is 28.8 Å². The molecule has 1 saturated carbocycles. The number of hydrogen-bond acceptors (Lipinski definition) is 3. The Kier molecular flexibility index (Phi) is 2.72. The number of anilines is 2. The van der Waals surface area contributed by atoms with Gasteiger partial charge in [-0.1, -0.05) is 27.7 Å². The first-order valence-corrected chi connectivity index (χ1v) is 7.22. The van der Waals surface area contributed by atoms with Crippen LogP contribution in [-0.4, -0.2) is 11.5 Å². The van der Waals surface area contributed by atoms with E-state index in [9.17, 15) is 0 Å². The van der Waals surface area contributed by atoms with Crippen LogP contribution in [0.3, 0.4) is 0 Å².